The number of piperidine rings is 1. The summed E-state index contributed by atoms with van der Waals surface area (Å²) in [6.07, 6.45) is 13.7. The Hall–Kier alpha value is -2.21. The number of ether oxygens (including phenoxy) is 1. The van der Waals surface area contributed by atoms with E-state index >= 15 is 0 Å². The molecule has 1 aliphatic carbocycles. The molecule has 2 aromatic rings. The van der Waals surface area contributed by atoms with Crippen molar-refractivity contribution in [2.45, 2.75) is 44.1 Å². The first-order chi connectivity index (χ1) is 13.8. The molecule has 6 nitrogen and oxygen atoms in total. The lowest BCUT2D eigenvalue weighted by Crippen LogP contribution is -2.54. The van der Waals surface area contributed by atoms with Gasteiger partial charge < -0.3 is 14.5 Å². The third kappa shape index (κ3) is 3.24. The third-order valence-corrected chi connectivity index (χ3v) is 7.10. The zero-order valence-electron chi connectivity index (χ0n) is 16.6. The van der Waals surface area contributed by atoms with Gasteiger partial charge in [-0.05, 0) is 62.7 Å². The van der Waals surface area contributed by atoms with Crippen LogP contribution in [0.3, 0.4) is 0 Å². The first-order valence-corrected chi connectivity index (χ1v) is 10.5. The number of pyridine rings is 1. The minimum Gasteiger partial charge on any atom is -0.495 e. The molecule has 0 bridgehead atoms. The maximum atomic E-state index is 5.52. The molecule has 5 rings (SSSR count). The van der Waals surface area contributed by atoms with Crippen LogP contribution in [-0.2, 0) is 0 Å². The summed E-state index contributed by atoms with van der Waals surface area (Å²) in [5, 5.41) is 0. The molecule has 0 unspecified atom stereocenters. The van der Waals surface area contributed by atoms with E-state index in [-0.39, 0.29) is 0 Å². The Balaban J connectivity index is 1.14. The number of methoxy groups -OCH3 is 1. The van der Waals surface area contributed by atoms with E-state index < -0.39 is 0 Å². The average Bonchev–Trinajstić information content (AvgIpc) is 3.19. The first kappa shape index (κ1) is 17.9. The van der Waals surface area contributed by atoms with E-state index in [1.54, 1.807) is 19.5 Å². The normalized spacial score (nSPS) is 28.5. The molecular weight excluding hydrogens is 350 g/mol. The monoisotopic (exact) mass is 379 g/mol. The van der Waals surface area contributed by atoms with Gasteiger partial charge in [-0.2, -0.15) is 0 Å². The molecule has 2 saturated heterocycles. The Morgan fingerprint density at radius 1 is 1.07 bits per heavy atom. The van der Waals surface area contributed by atoms with Crippen LogP contribution in [0, 0.1) is 5.41 Å². The average molecular weight is 380 g/mol. The summed E-state index contributed by atoms with van der Waals surface area (Å²) in [4.78, 5) is 18.5. The van der Waals surface area contributed by atoms with E-state index in [9.17, 15) is 0 Å². The van der Waals surface area contributed by atoms with Gasteiger partial charge in [0.05, 0.1) is 19.0 Å². The lowest BCUT2D eigenvalue weighted by molar-refractivity contribution is 0.00239. The van der Waals surface area contributed by atoms with Crippen molar-refractivity contribution >= 4 is 5.82 Å². The number of anilines is 1. The minimum absolute atomic E-state index is 0.503. The van der Waals surface area contributed by atoms with Crippen molar-refractivity contribution in [3.8, 4) is 5.75 Å². The fourth-order valence-electron chi connectivity index (χ4n) is 5.54. The molecule has 4 heterocycles. The topological polar surface area (TPSA) is 54.4 Å². The number of hydrogen-bond donors (Lipinski definition) is 0. The third-order valence-electron chi connectivity index (χ3n) is 7.10. The zero-order chi connectivity index (χ0) is 19.0. The lowest BCUT2D eigenvalue weighted by atomic mass is 9.64. The van der Waals surface area contributed by atoms with Crippen molar-refractivity contribution in [2.75, 3.05) is 38.2 Å². The second-order valence-corrected chi connectivity index (χ2v) is 8.70. The SMILES string of the molecule is COc1cccnc1C1CCN(C2CC3(CCN(c4cnccn4)C3)C2)CC1. The molecule has 0 radical (unpaired) electrons. The van der Waals surface area contributed by atoms with E-state index in [1.165, 1.54) is 45.2 Å². The standard InChI is InChI=1S/C22H29N5O/c1-28-19-3-2-7-25-21(19)17-4-10-26(11-5-17)18-13-22(14-18)6-12-27(16-22)20-15-23-8-9-24-20/h2-3,7-9,15,17-18H,4-6,10-14,16H2,1H3. The second-order valence-electron chi connectivity index (χ2n) is 8.70. The lowest BCUT2D eigenvalue weighted by Gasteiger charge is -2.51. The Morgan fingerprint density at radius 3 is 2.68 bits per heavy atom. The van der Waals surface area contributed by atoms with Gasteiger partial charge in [-0.1, -0.05) is 0 Å². The van der Waals surface area contributed by atoms with Crippen molar-refractivity contribution in [3.05, 3.63) is 42.6 Å². The van der Waals surface area contributed by atoms with Crippen molar-refractivity contribution in [1.29, 1.82) is 0 Å². The molecule has 1 saturated carbocycles. The molecule has 0 N–H and O–H groups in total. The highest BCUT2D eigenvalue weighted by Crippen LogP contribution is 2.51. The number of hydrogen-bond acceptors (Lipinski definition) is 6. The molecule has 0 aromatic carbocycles. The molecule has 3 aliphatic rings. The fraction of sp³-hybridized carbons (Fsp3) is 0.591. The first-order valence-electron chi connectivity index (χ1n) is 10.5. The Labute approximate surface area is 167 Å². The second kappa shape index (κ2) is 7.32. The molecule has 28 heavy (non-hydrogen) atoms. The molecule has 1 spiro atoms. The van der Waals surface area contributed by atoms with E-state index in [0.717, 1.165) is 36.4 Å². The predicted molar refractivity (Wildman–Crippen MR) is 109 cm³/mol. The van der Waals surface area contributed by atoms with Crippen molar-refractivity contribution < 1.29 is 4.74 Å². The van der Waals surface area contributed by atoms with Gasteiger partial charge >= 0.3 is 0 Å². The minimum atomic E-state index is 0.503. The van der Waals surface area contributed by atoms with Gasteiger partial charge in [-0.3, -0.25) is 9.97 Å². The fourth-order valence-corrected chi connectivity index (χ4v) is 5.54. The van der Waals surface area contributed by atoms with Crippen LogP contribution in [0.25, 0.3) is 0 Å². The maximum absolute atomic E-state index is 5.52. The molecular formula is C22H29N5O. The van der Waals surface area contributed by atoms with Crippen molar-refractivity contribution in [2.24, 2.45) is 5.41 Å². The van der Waals surface area contributed by atoms with E-state index in [1.807, 2.05) is 24.5 Å². The highest BCUT2D eigenvalue weighted by atomic mass is 16.5. The van der Waals surface area contributed by atoms with Crippen LogP contribution >= 0.6 is 0 Å². The molecule has 2 aliphatic heterocycles. The Kier molecular flexibility index (Phi) is 4.67. The quantitative estimate of drug-likeness (QED) is 0.814. The van der Waals surface area contributed by atoms with E-state index in [0.29, 0.717) is 11.3 Å². The van der Waals surface area contributed by atoms with Crippen LogP contribution < -0.4 is 9.64 Å². The molecule has 0 amide bonds. The van der Waals surface area contributed by atoms with Crippen LogP contribution in [-0.4, -0.2) is 59.2 Å². The summed E-state index contributed by atoms with van der Waals surface area (Å²) in [6.45, 7) is 4.62. The Bertz CT molecular complexity index is 800. The summed E-state index contributed by atoms with van der Waals surface area (Å²) in [7, 11) is 1.75. The van der Waals surface area contributed by atoms with Crippen molar-refractivity contribution in [1.82, 2.24) is 19.9 Å². The van der Waals surface area contributed by atoms with Crippen LogP contribution in [0.4, 0.5) is 5.82 Å². The molecule has 2 aromatic heterocycles. The van der Waals surface area contributed by atoms with Gasteiger partial charge in [0.1, 0.15) is 11.6 Å². The van der Waals surface area contributed by atoms with Crippen LogP contribution in [0.2, 0.25) is 0 Å². The summed E-state index contributed by atoms with van der Waals surface area (Å²) in [6, 6.07) is 4.75. The van der Waals surface area contributed by atoms with Crippen molar-refractivity contribution in [3.63, 3.8) is 0 Å². The van der Waals surface area contributed by atoms with Crippen LogP contribution in [0.1, 0.15) is 43.7 Å². The number of aromatic nitrogens is 3. The number of nitrogens with zero attached hydrogens (tertiary/aromatic N) is 5. The summed E-state index contributed by atoms with van der Waals surface area (Å²) in [5.41, 5.74) is 1.65. The van der Waals surface area contributed by atoms with Crippen LogP contribution in [0.5, 0.6) is 5.75 Å². The number of rotatable bonds is 4. The summed E-state index contributed by atoms with van der Waals surface area (Å²) < 4.78 is 5.52. The Morgan fingerprint density at radius 2 is 1.93 bits per heavy atom. The number of likely N-dealkylation sites (tertiary alicyclic amines) is 1. The van der Waals surface area contributed by atoms with Gasteiger partial charge in [0.15, 0.2) is 0 Å². The largest absolute Gasteiger partial charge is 0.495 e. The van der Waals surface area contributed by atoms with Gasteiger partial charge in [-0.15, -0.1) is 0 Å². The molecule has 3 fully saturated rings. The molecule has 0 atom stereocenters. The van der Waals surface area contributed by atoms with Crippen LogP contribution in [0.15, 0.2) is 36.9 Å². The molecule has 6 heteroatoms. The van der Waals surface area contributed by atoms with E-state index in [4.69, 9.17) is 4.74 Å². The summed E-state index contributed by atoms with van der Waals surface area (Å²) >= 11 is 0. The highest BCUT2D eigenvalue weighted by Gasteiger charge is 2.50. The maximum Gasteiger partial charge on any atom is 0.147 e. The van der Waals surface area contributed by atoms with Gasteiger partial charge in [0.2, 0.25) is 0 Å². The highest BCUT2D eigenvalue weighted by molar-refractivity contribution is 5.38. The van der Waals surface area contributed by atoms with Gasteiger partial charge in [0.25, 0.3) is 0 Å². The van der Waals surface area contributed by atoms with Gasteiger partial charge in [-0.25, -0.2) is 4.98 Å². The smallest absolute Gasteiger partial charge is 0.147 e. The summed E-state index contributed by atoms with van der Waals surface area (Å²) in [5.74, 6) is 2.51. The van der Waals surface area contributed by atoms with Gasteiger partial charge in [0, 0.05) is 43.6 Å². The molecule has 148 valence electrons. The predicted octanol–water partition coefficient (Wildman–Crippen LogP) is 3.12. The van der Waals surface area contributed by atoms with E-state index in [2.05, 4.69) is 24.8 Å². The zero-order valence-corrected chi connectivity index (χ0v) is 16.6.